The molecule has 0 aliphatic rings. The second kappa shape index (κ2) is 9.89. The molecule has 0 spiro atoms. The van der Waals surface area contributed by atoms with Crippen molar-refractivity contribution >= 4 is 49.7 Å². The smallest absolute Gasteiger partial charge is 0.175 e. The quantitative estimate of drug-likeness (QED) is 0.194. The molecule has 0 radical (unpaired) electrons. The molecule has 4 rings (SSSR count). The Morgan fingerprint density at radius 1 is 1.00 bits per heavy atom. The highest BCUT2D eigenvalue weighted by atomic mass is 35.5. The van der Waals surface area contributed by atoms with E-state index in [1.165, 1.54) is 25.1 Å². The van der Waals surface area contributed by atoms with Crippen molar-refractivity contribution in [3.8, 4) is 28.2 Å². The van der Waals surface area contributed by atoms with Crippen molar-refractivity contribution in [1.29, 1.82) is 0 Å². The third kappa shape index (κ3) is 5.51. The molecule has 6 nitrogen and oxygen atoms in total. The third-order valence-corrected chi connectivity index (χ3v) is 7.82. The van der Waals surface area contributed by atoms with Gasteiger partial charge in [-0.1, -0.05) is 59.8 Å². The van der Waals surface area contributed by atoms with Crippen molar-refractivity contribution in [2.45, 2.75) is 9.79 Å². The van der Waals surface area contributed by atoms with Crippen LogP contribution in [0.1, 0.15) is 0 Å². The zero-order chi connectivity index (χ0) is 24.5. The van der Waals surface area contributed by atoms with Gasteiger partial charge >= 0.3 is 0 Å². The number of sulfone groups is 1. The third-order valence-electron chi connectivity index (χ3n) is 4.98. The molecule has 0 amide bonds. The van der Waals surface area contributed by atoms with Crippen molar-refractivity contribution in [3.05, 3.63) is 83.9 Å². The van der Waals surface area contributed by atoms with E-state index in [9.17, 15) is 13.6 Å². The summed E-state index contributed by atoms with van der Waals surface area (Å²) in [7, 11) is -1.82. The number of benzene rings is 3. The summed E-state index contributed by atoms with van der Waals surface area (Å²) in [4.78, 5) is 1.14. The van der Waals surface area contributed by atoms with E-state index in [2.05, 4.69) is 0 Å². The topological polar surface area (TPSA) is 75.4 Å². The lowest BCUT2D eigenvalue weighted by Crippen LogP contribution is -2.16. The van der Waals surface area contributed by atoms with Crippen LogP contribution in [0.15, 0.2) is 88.7 Å². The predicted molar refractivity (Wildman–Crippen MR) is 141 cm³/mol. The average molecular weight is 530 g/mol. The summed E-state index contributed by atoms with van der Waals surface area (Å²) >= 11 is 12.5. The van der Waals surface area contributed by atoms with Gasteiger partial charge in [0.15, 0.2) is 14.2 Å². The lowest BCUT2D eigenvalue weighted by Gasteiger charge is -2.10. The molecular weight excluding hydrogens is 510 g/mol. The number of halogens is 1. The standard InChI is InChI=1S/C24H20ClN3O3S3/c1-27(29)24(32)33-20-11-5-16(6-12-20)22-15-23(17-3-7-18(25)8-4-17)28(26-22)19-9-13-21(14-10-19)34(2,30)31/h3-15,29H,1-2H3. The van der Waals surface area contributed by atoms with Gasteiger partial charge in [-0.3, -0.25) is 5.21 Å². The SMILES string of the molecule is CN(O)C(=S)Sc1ccc(-c2cc(-c3ccc(Cl)cc3)n(-c3ccc(S(C)(=O)=O)cc3)n2)cc1. The van der Waals surface area contributed by atoms with Crippen LogP contribution in [-0.4, -0.2) is 46.1 Å². The van der Waals surface area contributed by atoms with Gasteiger partial charge in [0.25, 0.3) is 0 Å². The summed E-state index contributed by atoms with van der Waals surface area (Å²) in [5.74, 6) is 0. The summed E-state index contributed by atoms with van der Waals surface area (Å²) in [6.45, 7) is 0. The first-order valence-electron chi connectivity index (χ1n) is 10.0. The number of thiocarbonyl (C=S) groups is 1. The van der Waals surface area contributed by atoms with Crippen LogP contribution in [0, 0.1) is 0 Å². The van der Waals surface area contributed by atoms with Gasteiger partial charge in [-0.2, -0.15) is 5.10 Å². The zero-order valence-electron chi connectivity index (χ0n) is 18.2. The summed E-state index contributed by atoms with van der Waals surface area (Å²) in [6, 6.07) is 23.7. The lowest BCUT2D eigenvalue weighted by atomic mass is 10.1. The molecule has 0 atom stereocenters. The molecule has 0 saturated heterocycles. The number of nitrogens with zero attached hydrogens (tertiary/aromatic N) is 3. The first kappa shape index (κ1) is 24.4. The van der Waals surface area contributed by atoms with Gasteiger partial charge in [0.05, 0.1) is 22.0 Å². The van der Waals surface area contributed by atoms with Crippen molar-refractivity contribution in [1.82, 2.24) is 14.8 Å². The Morgan fingerprint density at radius 3 is 2.15 bits per heavy atom. The summed E-state index contributed by atoms with van der Waals surface area (Å²) < 4.78 is 25.8. The van der Waals surface area contributed by atoms with Crippen molar-refractivity contribution in [2.75, 3.05) is 13.3 Å². The average Bonchev–Trinajstić information content (AvgIpc) is 3.25. The minimum Gasteiger partial charge on any atom is -0.287 e. The van der Waals surface area contributed by atoms with E-state index in [4.69, 9.17) is 28.9 Å². The van der Waals surface area contributed by atoms with Gasteiger partial charge in [0.1, 0.15) is 0 Å². The highest BCUT2D eigenvalue weighted by molar-refractivity contribution is 8.22. The summed E-state index contributed by atoms with van der Waals surface area (Å²) in [5.41, 5.74) is 4.12. The van der Waals surface area contributed by atoms with Crippen LogP contribution in [0.3, 0.4) is 0 Å². The molecule has 4 aromatic rings. The fourth-order valence-electron chi connectivity index (χ4n) is 3.24. The molecule has 0 aliphatic carbocycles. The maximum absolute atomic E-state index is 11.9. The Morgan fingerprint density at radius 2 is 1.59 bits per heavy atom. The normalized spacial score (nSPS) is 11.4. The fourth-order valence-corrected chi connectivity index (χ4v) is 4.89. The van der Waals surface area contributed by atoms with Crippen LogP contribution in [0.25, 0.3) is 28.2 Å². The Bertz CT molecular complexity index is 1430. The molecule has 0 saturated carbocycles. The Balaban J connectivity index is 1.75. The molecule has 0 aliphatic heterocycles. The highest BCUT2D eigenvalue weighted by Crippen LogP contribution is 2.31. The van der Waals surface area contributed by atoms with Gasteiger partial charge in [0.2, 0.25) is 0 Å². The van der Waals surface area contributed by atoms with E-state index in [1.807, 2.05) is 54.6 Å². The molecule has 34 heavy (non-hydrogen) atoms. The lowest BCUT2D eigenvalue weighted by molar-refractivity contribution is 0.0205. The van der Waals surface area contributed by atoms with Crippen LogP contribution in [0.5, 0.6) is 0 Å². The van der Waals surface area contributed by atoms with Crippen LogP contribution in [-0.2, 0) is 9.84 Å². The van der Waals surface area contributed by atoms with Crippen molar-refractivity contribution < 1.29 is 13.6 Å². The van der Waals surface area contributed by atoms with E-state index < -0.39 is 9.84 Å². The highest BCUT2D eigenvalue weighted by Gasteiger charge is 2.15. The second-order valence-corrected chi connectivity index (χ2v) is 11.7. The molecule has 3 aromatic carbocycles. The summed E-state index contributed by atoms with van der Waals surface area (Å²) in [6.07, 6.45) is 1.18. The minimum atomic E-state index is -3.30. The van der Waals surface area contributed by atoms with E-state index in [0.29, 0.717) is 9.34 Å². The predicted octanol–water partition coefficient (Wildman–Crippen LogP) is 5.96. The molecule has 1 N–H and O–H groups in total. The molecule has 174 valence electrons. The second-order valence-electron chi connectivity index (χ2n) is 7.52. The molecule has 1 aromatic heterocycles. The van der Waals surface area contributed by atoms with E-state index >= 15 is 0 Å². The van der Waals surface area contributed by atoms with Gasteiger partial charge in [0, 0.05) is 34.3 Å². The van der Waals surface area contributed by atoms with Gasteiger partial charge in [-0.25, -0.2) is 18.2 Å². The minimum absolute atomic E-state index is 0.246. The summed E-state index contributed by atoms with van der Waals surface area (Å²) in [5, 5.41) is 15.8. The Hall–Kier alpha value is -2.69. The molecule has 1 heterocycles. The van der Waals surface area contributed by atoms with E-state index in [0.717, 1.165) is 38.2 Å². The molecule has 0 fully saturated rings. The molecule has 0 bridgehead atoms. The monoisotopic (exact) mass is 529 g/mol. The number of rotatable bonds is 5. The van der Waals surface area contributed by atoms with Crippen molar-refractivity contribution in [3.63, 3.8) is 0 Å². The number of thioether (sulfide) groups is 1. The Kier molecular flexibility index (Phi) is 7.11. The first-order valence-corrected chi connectivity index (χ1v) is 13.5. The number of hydrogen-bond donors (Lipinski definition) is 1. The maximum Gasteiger partial charge on any atom is 0.175 e. The van der Waals surface area contributed by atoms with E-state index in [-0.39, 0.29) is 4.90 Å². The molecular formula is C24H20ClN3O3S3. The number of aromatic nitrogens is 2. The largest absolute Gasteiger partial charge is 0.287 e. The maximum atomic E-state index is 11.9. The Labute approximate surface area is 212 Å². The van der Waals surface area contributed by atoms with Crippen molar-refractivity contribution in [2.24, 2.45) is 0 Å². The van der Waals surface area contributed by atoms with Crippen LogP contribution >= 0.6 is 35.6 Å². The van der Waals surface area contributed by atoms with Crippen LogP contribution < -0.4 is 0 Å². The molecule has 10 heteroatoms. The number of hydroxylamine groups is 2. The fraction of sp³-hybridized carbons (Fsp3) is 0.0833. The number of hydrogen-bond acceptors (Lipinski definition) is 6. The van der Waals surface area contributed by atoms with Gasteiger partial charge < -0.3 is 0 Å². The van der Waals surface area contributed by atoms with Crippen LogP contribution in [0.4, 0.5) is 0 Å². The molecule has 0 unspecified atom stereocenters. The van der Waals surface area contributed by atoms with Crippen LogP contribution in [0.2, 0.25) is 5.02 Å². The van der Waals surface area contributed by atoms with Gasteiger partial charge in [-0.15, -0.1) is 0 Å². The van der Waals surface area contributed by atoms with Gasteiger partial charge in [-0.05, 0) is 54.6 Å². The zero-order valence-corrected chi connectivity index (χ0v) is 21.4. The first-order chi connectivity index (χ1) is 16.1. The van der Waals surface area contributed by atoms with E-state index in [1.54, 1.807) is 28.9 Å².